The molecule has 348 valence electrons. The van der Waals surface area contributed by atoms with Gasteiger partial charge in [0.2, 0.25) is 5.78 Å². The number of hydrogen-bond donors (Lipinski definition) is 7. The number of dihydropyridines is 2. The van der Waals surface area contributed by atoms with Gasteiger partial charge in [-0.15, -0.1) is 0 Å². The predicted molar refractivity (Wildman–Crippen MR) is 252 cm³/mol. The molecule has 9 atom stereocenters. The van der Waals surface area contributed by atoms with Gasteiger partial charge in [-0.1, -0.05) is 80.8 Å². The first-order chi connectivity index (χ1) is 31.4. The number of epoxide rings is 1. The minimum absolute atomic E-state index is 0.0153. The van der Waals surface area contributed by atoms with Crippen LogP contribution in [-0.4, -0.2) is 85.6 Å². The van der Waals surface area contributed by atoms with Crippen LogP contribution >= 0.6 is 0 Å². The van der Waals surface area contributed by atoms with Gasteiger partial charge in [0.25, 0.3) is 5.60 Å². The molecule has 3 aliphatic carbocycles. The second-order valence-corrected chi connectivity index (χ2v) is 20.3. The van der Waals surface area contributed by atoms with Crippen molar-refractivity contribution in [1.29, 1.82) is 0 Å². The number of benzene rings is 1. The van der Waals surface area contributed by atoms with Crippen LogP contribution in [0.5, 0.6) is 0 Å². The monoisotopic (exact) mass is 887 g/mol. The van der Waals surface area contributed by atoms with Gasteiger partial charge in [0, 0.05) is 42.3 Å². The van der Waals surface area contributed by atoms with Gasteiger partial charge in [-0.05, 0) is 141 Å². The number of rotatable bonds is 11. The van der Waals surface area contributed by atoms with Crippen LogP contribution in [-0.2, 0) is 20.7 Å². The van der Waals surface area contributed by atoms with Crippen LogP contribution in [0.3, 0.4) is 0 Å². The summed E-state index contributed by atoms with van der Waals surface area (Å²) in [5.74, 6) is 0.124. The molecular weight excluding hydrogens is 817 g/mol. The number of cyclic esters (lactones) is 1. The topological polar surface area (TPSA) is 179 Å². The number of carbonyl (C=O) groups is 3. The third-order valence-electron chi connectivity index (χ3n) is 16.0. The lowest BCUT2D eigenvalue weighted by molar-refractivity contribution is -0.150. The van der Waals surface area contributed by atoms with Crippen LogP contribution < -0.4 is 32.3 Å². The van der Waals surface area contributed by atoms with Gasteiger partial charge in [0.15, 0.2) is 11.4 Å². The molecule has 1 aromatic carbocycles. The van der Waals surface area contributed by atoms with Crippen LogP contribution in [0.25, 0.3) is 0 Å². The van der Waals surface area contributed by atoms with Crippen LogP contribution in [0.2, 0.25) is 0 Å². The first-order valence-electron chi connectivity index (χ1n) is 24.4. The number of ether oxygens (including phenoxy) is 2. The maximum Gasteiger partial charge on any atom is 0.350 e. The molecule has 5 aliphatic heterocycles. The van der Waals surface area contributed by atoms with E-state index in [2.05, 4.69) is 70.8 Å². The number of nitrogens with two attached hydrogens (primary N) is 1. The summed E-state index contributed by atoms with van der Waals surface area (Å²) in [7, 11) is 1.96. The first kappa shape index (κ1) is 45.6. The molecular formula is C53H70N6O6. The Morgan fingerprint density at radius 3 is 2.74 bits per heavy atom. The molecule has 4 bridgehead atoms. The Kier molecular flexibility index (Phi) is 13.0. The molecule has 0 amide bonds. The van der Waals surface area contributed by atoms with Crippen LogP contribution in [0.1, 0.15) is 124 Å². The molecule has 9 rings (SSSR count). The Labute approximate surface area is 384 Å². The molecule has 0 saturated carbocycles. The summed E-state index contributed by atoms with van der Waals surface area (Å²) in [6, 6.07) is 5.49. The average Bonchev–Trinajstić information content (AvgIpc) is 4.01. The van der Waals surface area contributed by atoms with Gasteiger partial charge in [0.05, 0.1) is 25.5 Å². The number of hydrogen-bond acceptors (Lipinski definition) is 12. The standard InChI is InChI=1S/C53H70N6O6/c1-5-56-43-25-36-12-8-11-34-10-6-7-22-51(3,26-33-16-19-44(54)58-29-33)27-37-13-9-14-41-46(37)48(62)53(50(63)64-31-38(43)24-42(34)36)52(65-53,47(41)61)28-39(30-60)32(2)15-17-35-21-23-57-49-40(35)18-20-45(55-4)59-49/h8-9,12-14,16,19,21,25,29,34,38,42-45,55-60H,5-7,10-11,15,17-18,20,22-24,26-28,30-31,54H2,1-4H3/b39-32-/t34-,38-,42-,43-,44?,45+,51+,52-,53-/m0/s1. The van der Waals surface area contributed by atoms with Gasteiger partial charge in [-0.25, -0.2) is 4.79 Å². The van der Waals surface area contributed by atoms with E-state index in [1.54, 1.807) is 6.07 Å². The lowest BCUT2D eigenvalue weighted by Crippen LogP contribution is -2.52. The zero-order valence-corrected chi connectivity index (χ0v) is 38.8. The van der Waals surface area contributed by atoms with E-state index >= 15 is 14.4 Å². The van der Waals surface area contributed by atoms with E-state index in [-0.39, 0.29) is 60.5 Å². The third kappa shape index (κ3) is 8.54. The summed E-state index contributed by atoms with van der Waals surface area (Å²) in [5, 5.41) is 28.3. The molecule has 1 unspecified atom stereocenters. The molecule has 5 heterocycles. The number of fused-ring (bicyclic) bond motifs is 1. The molecule has 8 N–H and O–H groups in total. The van der Waals surface area contributed by atoms with Crippen LogP contribution in [0, 0.1) is 23.2 Å². The van der Waals surface area contributed by atoms with Gasteiger partial charge in [-0.2, -0.15) is 0 Å². The van der Waals surface area contributed by atoms with Gasteiger partial charge in [0.1, 0.15) is 5.82 Å². The van der Waals surface area contributed by atoms with E-state index in [4.69, 9.17) is 15.2 Å². The molecule has 0 aromatic heterocycles. The zero-order chi connectivity index (χ0) is 45.5. The summed E-state index contributed by atoms with van der Waals surface area (Å²) in [4.78, 5) is 45.8. The lowest BCUT2D eigenvalue weighted by Gasteiger charge is -2.40. The Morgan fingerprint density at radius 2 is 1.95 bits per heavy atom. The fourth-order valence-electron chi connectivity index (χ4n) is 12.3. The Morgan fingerprint density at radius 1 is 1.09 bits per heavy atom. The van der Waals surface area contributed by atoms with Crippen molar-refractivity contribution in [2.24, 2.45) is 28.9 Å². The third-order valence-corrected chi connectivity index (χ3v) is 16.0. The Balaban J connectivity index is 1.07. The number of esters is 1. The number of allylic oxidation sites excluding steroid dienone is 8. The van der Waals surface area contributed by atoms with E-state index in [0.717, 1.165) is 99.8 Å². The first-order valence-corrected chi connectivity index (χ1v) is 24.4. The van der Waals surface area contributed by atoms with Crippen molar-refractivity contribution in [3.8, 4) is 0 Å². The molecule has 12 heteroatoms. The molecule has 1 aromatic rings. The molecule has 1 spiro atoms. The van der Waals surface area contributed by atoms with Gasteiger partial charge >= 0.3 is 5.97 Å². The number of likely N-dealkylation sites (N-methyl/N-ethyl adjacent to an activating group) is 1. The van der Waals surface area contributed by atoms with Crippen molar-refractivity contribution >= 4 is 17.5 Å². The van der Waals surface area contributed by atoms with Crippen LogP contribution in [0.4, 0.5) is 0 Å². The highest BCUT2D eigenvalue weighted by atomic mass is 16.7. The highest BCUT2D eigenvalue weighted by Gasteiger charge is 2.86. The Hall–Kier alpha value is -4.59. The molecule has 0 radical (unpaired) electrons. The number of aliphatic hydroxyl groups is 1. The van der Waals surface area contributed by atoms with Crippen molar-refractivity contribution in [3.05, 3.63) is 117 Å². The highest BCUT2D eigenvalue weighted by molar-refractivity contribution is 6.33. The molecule has 1 saturated heterocycles. The fraction of sp³-hybridized carbons (Fsp3) is 0.566. The summed E-state index contributed by atoms with van der Waals surface area (Å²) in [6.07, 6.45) is 25.6. The van der Waals surface area contributed by atoms with E-state index in [1.807, 2.05) is 38.4 Å². The molecule has 12 nitrogen and oxygen atoms in total. The summed E-state index contributed by atoms with van der Waals surface area (Å²) in [6.45, 7) is 7.57. The SMILES string of the molecule is CCN[C@H]1C=C2C=CC[C@@H]3CCCC[C@](C)(CC4=CNC(N)C=C4)Cc4cccc5c4C(=O)[C@]4(O[C@@]4(C/C(CO)=C(\C)CCC4=CCNC6=C4CC[C@H](NC)N6)C5=O)C(=O)OC[C@@H]1C[C@H]23. The van der Waals surface area contributed by atoms with Crippen molar-refractivity contribution in [2.45, 2.75) is 134 Å². The average molecular weight is 887 g/mol. The second kappa shape index (κ2) is 18.6. The summed E-state index contributed by atoms with van der Waals surface area (Å²) >= 11 is 0. The van der Waals surface area contributed by atoms with Gasteiger partial charge < -0.3 is 46.9 Å². The molecule has 8 aliphatic rings. The fourth-order valence-corrected chi connectivity index (χ4v) is 12.3. The maximum absolute atomic E-state index is 15.5. The lowest BCUT2D eigenvalue weighted by atomic mass is 9.67. The smallest absolute Gasteiger partial charge is 0.350 e. The number of nitrogens with one attached hydrogen (secondary N) is 5. The molecule has 65 heavy (non-hydrogen) atoms. The van der Waals surface area contributed by atoms with Gasteiger partial charge in [-0.3, -0.25) is 9.59 Å². The van der Waals surface area contributed by atoms with Crippen molar-refractivity contribution in [2.75, 3.05) is 33.4 Å². The number of ketones is 2. The number of aliphatic hydroxyl groups excluding tert-OH is 1. The van der Waals surface area contributed by atoms with E-state index in [0.29, 0.717) is 30.3 Å². The van der Waals surface area contributed by atoms with Crippen molar-refractivity contribution in [1.82, 2.24) is 26.6 Å². The molecule has 1 fully saturated rings. The quantitative estimate of drug-likeness (QED) is 0.0578. The van der Waals surface area contributed by atoms with Crippen molar-refractivity contribution < 1.29 is 29.0 Å². The minimum Gasteiger partial charge on any atom is -0.463 e. The van der Waals surface area contributed by atoms with Crippen molar-refractivity contribution in [3.63, 3.8) is 0 Å². The highest BCUT2D eigenvalue weighted by Crippen LogP contribution is 2.60. The second-order valence-electron chi connectivity index (χ2n) is 20.3. The summed E-state index contributed by atoms with van der Waals surface area (Å²) < 4.78 is 12.9. The largest absolute Gasteiger partial charge is 0.463 e. The van der Waals surface area contributed by atoms with Crippen LogP contribution in [0.15, 0.2) is 100 Å². The number of Topliss-reactive ketones (excluding diaryl/α,β-unsaturated/α-hetero) is 2. The zero-order valence-electron chi connectivity index (χ0n) is 38.8. The maximum atomic E-state index is 15.5. The predicted octanol–water partition coefficient (Wildman–Crippen LogP) is 6.22. The Bertz CT molecular complexity index is 2310. The number of carbonyl (C=O) groups excluding carboxylic acids is 3. The van der Waals surface area contributed by atoms with E-state index in [1.165, 1.54) is 16.7 Å². The van der Waals surface area contributed by atoms with E-state index < -0.39 is 28.7 Å². The summed E-state index contributed by atoms with van der Waals surface area (Å²) in [5.41, 5.74) is 9.62. The normalized spacial score (nSPS) is 34.6. The minimum atomic E-state index is -2.17. The van der Waals surface area contributed by atoms with E-state index in [9.17, 15) is 5.11 Å².